The summed E-state index contributed by atoms with van der Waals surface area (Å²) in [6.07, 6.45) is 9.32. The molecule has 106 valence electrons. The molecule has 5 heteroatoms. The minimum atomic E-state index is -0.295. The first-order valence-electron chi connectivity index (χ1n) is 7.13. The third kappa shape index (κ3) is 3.49. The number of nitrogens with one attached hydrogen (secondary N) is 2. The highest BCUT2D eigenvalue weighted by atomic mass is 16.2. The summed E-state index contributed by atoms with van der Waals surface area (Å²) in [6.45, 7) is 1.38. The number of nitrogens with zero attached hydrogens (tertiary/aromatic N) is 1. The lowest BCUT2D eigenvalue weighted by atomic mass is 9.94. The van der Waals surface area contributed by atoms with Crippen LogP contribution in [0.1, 0.15) is 32.1 Å². The lowest BCUT2D eigenvalue weighted by Crippen LogP contribution is -2.49. The van der Waals surface area contributed by atoms with Gasteiger partial charge in [-0.25, -0.2) is 4.79 Å². The van der Waals surface area contributed by atoms with Gasteiger partial charge in [0.2, 0.25) is 5.91 Å². The molecule has 1 aliphatic heterocycles. The molecule has 1 aliphatic carbocycles. The molecular weight excluding hydrogens is 242 g/mol. The van der Waals surface area contributed by atoms with Crippen molar-refractivity contribution in [2.45, 2.75) is 38.1 Å². The quantitative estimate of drug-likeness (QED) is 0.755. The Morgan fingerprint density at radius 3 is 2.84 bits per heavy atom. The van der Waals surface area contributed by atoms with Gasteiger partial charge < -0.3 is 15.5 Å². The van der Waals surface area contributed by atoms with Crippen molar-refractivity contribution in [2.24, 2.45) is 5.92 Å². The van der Waals surface area contributed by atoms with Crippen molar-refractivity contribution in [3.63, 3.8) is 0 Å². The van der Waals surface area contributed by atoms with E-state index in [1.807, 2.05) is 0 Å². The van der Waals surface area contributed by atoms with Gasteiger partial charge >= 0.3 is 6.03 Å². The van der Waals surface area contributed by atoms with Gasteiger partial charge in [-0.1, -0.05) is 12.2 Å². The third-order valence-electron chi connectivity index (χ3n) is 3.98. The number of urea groups is 1. The number of carbonyl (C=O) groups is 2. The van der Waals surface area contributed by atoms with E-state index in [1.54, 1.807) is 11.9 Å². The van der Waals surface area contributed by atoms with Crippen LogP contribution in [0.3, 0.4) is 0 Å². The molecule has 1 saturated heterocycles. The van der Waals surface area contributed by atoms with Gasteiger partial charge in [0, 0.05) is 20.1 Å². The van der Waals surface area contributed by atoms with Crippen molar-refractivity contribution in [3.8, 4) is 0 Å². The summed E-state index contributed by atoms with van der Waals surface area (Å²) in [5, 5.41) is 5.60. The molecule has 3 amide bonds. The van der Waals surface area contributed by atoms with E-state index in [9.17, 15) is 9.59 Å². The van der Waals surface area contributed by atoms with E-state index < -0.39 is 0 Å². The molecule has 0 saturated carbocycles. The zero-order valence-corrected chi connectivity index (χ0v) is 11.5. The summed E-state index contributed by atoms with van der Waals surface area (Å²) in [7, 11) is 1.62. The monoisotopic (exact) mass is 265 g/mol. The van der Waals surface area contributed by atoms with E-state index >= 15 is 0 Å². The van der Waals surface area contributed by atoms with Crippen LogP contribution in [-0.2, 0) is 4.79 Å². The standard InChI is InChI=1S/C14H23N3O2/c1-15-13(18)12-8-5-9-17(12)14(19)16-10-11-6-3-2-4-7-11/h2-3,11-12H,4-10H2,1H3,(H,15,18)(H,16,19). The van der Waals surface area contributed by atoms with Gasteiger partial charge in [-0.2, -0.15) is 0 Å². The number of rotatable bonds is 3. The van der Waals surface area contributed by atoms with E-state index in [1.165, 1.54) is 0 Å². The summed E-state index contributed by atoms with van der Waals surface area (Å²) in [5.74, 6) is 0.475. The van der Waals surface area contributed by atoms with Gasteiger partial charge in [0.1, 0.15) is 6.04 Å². The molecule has 0 bridgehead atoms. The maximum atomic E-state index is 12.1. The molecule has 1 fully saturated rings. The van der Waals surface area contributed by atoms with Crippen LogP contribution >= 0.6 is 0 Å². The van der Waals surface area contributed by atoms with Crippen molar-refractivity contribution >= 4 is 11.9 Å². The lowest BCUT2D eigenvalue weighted by molar-refractivity contribution is -0.124. The number of likely N-dealkylation sites (N-methyl/N-ethyl adjacent to an activating group) is 1. The molecule has 19 heavy (non-hydrogen) atoms. The predicted octanol–water partition coefficient (Wildman–Crippen LogP) is 1.26. The highest BCUT2D eigenvalue weighted by Crippen LogP contribution is 2.19. The van der Waals surface area contributed by atoms with Gasteiger partial charge in [0.05, 0.1) is 0 Å². The fourth-order valence-electron chi connectivity index (χ4n) is 2.82. The number of amides is 3. The van der Waals surface area contributed by atoms with Crippen molar-refractivity contribution < 1.29 is 9.59 Å². The van der Waals surface area contributed by atoms with E-state index in [4.69, 9.17) is 0 Å². The van der Waals surface area contributed by atoms with E-state index in [0.29, 0.717) is 19.0 Å². The Bertz CT molecular complexity index is 368. The first kappa shape index (κ1) is 13.9. The summed E-state index contributed by atoms with van der Waals surface area (Å²) in [6, 6.07) is -0.392. The predicted molar refractivity (Wildman–Crippen MR) is 73.7 cm³/mol. The number of likely N-dealkylation sites (tertiary alicyclic amines) is 1. The van der Waals surface area contributed by atoms with Crippen LogP contribution in [0.25, 0.3) is 0 Å². The molecule has 5 nitrogen and oxygen atoms in total. The second-order valence-electron chi connectivity index (χ2n) is 5.30. The summed E-state index contributed by atoms with van der Waals surface area (Å²) < 4.78 is 0. The normalized spacial score (nSPS) is 26.3. The van der Waals surface area contributed by atoms with E-state index in [0.717, 1.165) is 32.1 Å². The lowest BCUT2D eigenvalue weighted by Gasteiger charge is -2.25. The maximum absolute atomic E-state index is 12.1. The molecule has 0 aromatic heterocycles. The molecule has 1 heterocycles. The van der Waals surface area contributed by atoms with Gasteiger partial charge in [0.25, 0.3) is 0 Å². The SMILES string of the molecule is CNC(=O)C1CCCN1C(=O)NCC1CC=CCC1. The van der Waals surface area contributed by atoms with Crippen molar-refractivity contribution in [1.29, 1.82) is 0 Å². The second kappa shape index (κ2) is 6.59. The first-order chi connectivity index (χ1) is 9.22. The maximum Gasteiger partial charge on any atom is 0.318 e. The van der Waals surface area contributed by atoms with Gasteiger partial charge in [-0.05, 0) is 38.0 Å². The second-order valence-corrected chi connectivity index (χ2v) is 5.30. The Labute approximate surface area is 114 Å². The fraction of sp³-hybridized carbons (Fsp3) is 0.714. The number of hydrogen-bond acceptors (Lipinski definition) is 2. The molecule has 0 aromatic rings. The van der Waals surface area contributed by atoms with E-state index in [-0.39, 0.29) is 18.0 Å². The number of hydrogen-bond donors (Lipinski definition) is 2. The molecule has 0 spiro atoms. The molecule has 2 atom stereocenters. The molecule has 2 unspecified atom stereocenters. The van der Waals surface area contributed by atoms with Crippen LogP contribution in [0.15, 0.2) is 12.2 Å². The zero-order valence-electron chi connectivity index (χ0n) is 11.5. The largest absolute Gasteiger partial charge is 0.357 e. The molecule has 2 rings (SSSR count). The summed E-state index contributed by atoms with van der Waals surface area (Å²) >= 11 is 0. The van der Waals surface area contributed by atoms with Gasteiger partial charge in [-0.3, -0.25) is 4.79 Å². The Morgan fingerprint density at radius 1 is 1.32 bits per heavy atom. The Balaban J connectivity index is 1.81. The van der Waals surface area contributed by atoms with Crippen LogP contribution in [0.2, 0.25) is 0 Å². The van der Waals surface area contributed by atoms with E-state index in [2.05, 4.69) is 22.8 Å². The number of carbonyl (C=O) groups excluding carboxylic acids is 2. The average Bonchev–Trinajstić information content (AvgIpc) is 2.94. The van der Waals surface area contributed by atoms with Crippen molar-refractivity contribution in [1.82, 2.24) is 15.5 Å². The summed E-state index contributed by atoms with van der Waals surface area (Å²) in [4.78, 5) is 25.5. The third-order valence-corrected chi connectivity index (χ3v) is 3.98. The highest BCUT2D eigenvalue weighted by Gasteiger charge is 2.33. The molecule has 2 N–H and O–H groups in total. The van der Waals surface area contributed by atoms with Crippen molar-refractivity contribution in [2.75, 3.05) is 20.1 Å². The van der Waals surface area contributed by atoms with Gasteiger partial charge in [-0.15, -0.1) is 0 Å². The Morgan fingerprint density at radius 2 is 2.16 bits per heavy atom. The van der Waals surface area contributed by atoms with Crippen LogP contribution in [0.4, 0.5) is 4.79 Å². The summed E-state index contributed by atoms with van der Waals surface area (Å²) in [5.41, 5.74) is 0. The van der Waals surface area contributed by atoms with Crippen LogP contribution in [-0.4, -0.2) is 43.0 Å². The zero-order chi connectivity index (χ0) is 13.7. The molecular formula is C14H23N3O2. The highest BCUT2D eigenvalue weighted by molar-refractivity contribution is 5.87. The Hall–Kier alpha value is -1.52. The first-order valence-corrected chi connectivity index (χ1v) is 7.13. The topological polar surface area (TPSA) is 61.4 Å². The smallest absolute Gasteiger partial charge is 0.318 e. The average molecular weight is 265 g/mol. The van der Waals surface area contributed by atoms with Crippen molar-refractivity contribution in [3.05, 3.63) is 12.2 Å². The molecule has 2 aliphatic rings. The van der Waals surface area contributed by atoms with Gasteiger partial charge in [0.15, 0.2) is 0 Å². The number of allylic oxidation sites excluding steroid dienone is 2. The molecule has 0 radical (unpaired) electrons. The fourth-order valence-corrected chi connectivity index (χ4v) is 2.82. The molecule has 0 aromatic carbocycles. The minimum Gasteiger partial charge on any atom is -0.357 e. The van der Waals surface area contributed by atoms with Crippen LogP contribution in [0.5, 0.6) is 0 Å². The Kier molecular flexibility index (Phi) is 4.82. The minimum absolute atomic E-state index is 0.0618. The van der Waals surface area contributed by atoms with Crippen LogP contribution in [0, 0.1) is 5.92 Å². The van der Waals surface area contributed by atoms with Crippen LogP contribution < -0.4 is 10.6 Å².